The van der Waals surface area contributed by atoms with E-state index in [1.807, 2.05) is 16.3 Å². The largest absolute Gasteiger partial charge is 0.342 e. The molecule has 0 spiro atoms. The van der Waals surface area contributed by atoms with Crippen molar-refractivity contribution in [2.45, 2.75) is 39.2 Å². The molecule has 1 saturated heterocycles. The summed E-state index contributed by atoms with van der Waals surface area (Å²) in [5, 5.41) is 1.88. The van der Waals surface area contributed by atoms with E-state index in [2.05, 4.69) is 13.8 Å². The molecule has 1 aliphatic heterocycles. The Kier molecular flexibility index (Phi) is 4.60. The highest BCUT2D eigenvalue weighted by Crippen LogP contribution is 2.28. The third-order valence-corrected chi connectivity index (χ3v) is 4.94. The Morgan fingerprint density at radius 1 is 1.45 bits per heavy atom. The lowest BCUT2D eigenvalue weighted by molar-refractivity contribution is -0.134. The summed E-state index contributed by atoms with van der Waals surface area (Å²) in [6, 6.07) is 3.80. The average Bonchev–Trinajstić information content (AvgIpc) is 2.92. The molecule has 1 amide bonds. The van der Waals surface area contributed by atoms with Gasteiger partial charge < -0.3 is 10.6 Å². The van der Waals surface area contributed by atoms with Gasteiger partial charge in [0.25, 0.3) is 0 Å². The first-order chi connectivity index (χ1) is 9.40. The van der Waals surface area contributed by atoms with E-state index in [1.54, 1.807) is 6.07 Å². The smallest absolute Gasteiger partial charge is 0.223 e. The maximum Gasteiger partial charge on any atom is 0.223 e. The summed E-state index contributed by atoms with van der Waals surface area (Å²) in [6.45, 7) is 5.57. The van der Waals surface area contributed by atoms with E-state index in [0.29, 0.717) is 25.9 Å². The zero-order valence-electron chi connectivity index (χ0n) is 12.1. The van der Waals surface area contributed by atoms with Crippen LogP contribution in [0.25, 0.3) is 0 Å². The van der Waals surface area contributed by atoms with Crippen LogP contribution in [0.1, 0.15) is 42.8 Å². The van der Waals surface area contributed by atoms with Crippen molar-refractivity contribution in [3.63, 3.8) is 0 Å². The standard InChI is InChI=1S/C15H22N2O2S/c1-15(2)10-17(8-7-13(15)16)14(19)6-5-11(18)12-4-3-9-20-12/h3-4,9,13H,5-8,10,16H2,1-2H3. The summed E-state index contributed by atoms with van der Waals surface area (Å²) < 4.78 is 0. The highest BCUT2D eigenvalue weighted by Gasteiger charge is 2.35. The Hall–Kier alpha value is -1.20. The van der Waals surface area contributed by atoms with Crippen LogP contribution in [0.2, 0.25) is 0 Å². The highest BCUT2D eigenvalue weighted by molar-refractivity contribution is 7.12. The molecule has 0 bridgehead atoms. The fraction of sp³-hybridized carbons (Fsp3) is 0.600. The van der Waals surface area contributed by atoms with Crippen LogP contribution in [0.3, 0.4) is 0 Å². The van der Waals surface area contributed by atoms with Crippen LogP contribution in [-0.2, 0) is 4.79 Å². The molecule has 110 valence electrons. The molecule has 4 nitrogen and oxygen atoms in total. The van der Waals surface area contributed by atoms with Crippen LogP contribution in [0.4, 0.5) is 0 Å². The third-order valence-electron chi connectivity index (χ3n) is 4.03. The van der Waals surface area contributed by atoms with Gasteiger partial charge in [0.05, 0.1) is 4.88 Å². The lowest BCUT2D eigenvalue weighted by Gasteiger charge is -2.42. The average molecular weight is 294 g/mol. The molecule has 0 radical (unpaired) electrons. The summed E-state index contributed by atoms with van der Waals surface area (Å²) in [4.78, 5) is 26.7. The van der Waals surface area contributed by atoms with Gasteiger partial charge >= 0.3 is 0 Å². The Bertz CT molecular complexity index is 482. The number of hydrogen-bond donors (Lipinski definition) is 1. The molecule has 5 heteroatoms. The molecule has 1 unspecified atom stereocenters. The number of carbonyl (C=O) groups excluding carboxylic acids is 2. The number of nitrogens with zero attached hydrogens (tertiary/aromatic N) is 1. The van der Waals surface area contributed by atoms with Crippen LogP contribution >= 0.6 is 11.3 Å². The third kappa shape index (κ3) is 3.46. The van der Waals surface area contributed by atoms with Crippen LogP contribution in [0.15, 0.2) is 17.5 Å². The lowest BCUT2D eigenvalue weighted by Crippen LogP contribution is -2.54. The van der Waals surface area contributed by atoms with E-state index in [9.17, 15) is 9.59 Å². The van der Waals surface area contributed by atoms with Gasteiger partial charge in [-0.05, 0) is 23.3 Å². The fourth-order valence-electron chi connectivity index (χ4n) is 2.53. The van der Waals surface area contributed by atoms with Crippen LogP contribution in [-0.4, -0.2) is 35.7 Å². The van der Waals surface area contributed by atoms with E-state index >= 15 is 0 Å². The second kappa shape index (κ2) is 6.06. The quantitative estimate of drug-likeness (QED) is 0.867. The number of piperidine rings is 1. The van der Waals surface area contributed by atoms with Crippen molar-refractivity contribution in [1.29, 1.82) is 0 Å². The molecule has 0 saturated carbocycles. The van der Waals surface area contributed by atoms with E-state index in [4.69, 9.17) is 5.73 Å². The number of likely N-dealkylation sites (tertiary alicyclic amines) is 1. The number of carbonyl (C=O) groups is 2. The van der Waals surface area contributed by atoms with Gasteiger partial charge in [0, 0.05) is 32.0 Å². The number of hydrogen-bond acceptors (Lipinski definition) is 4. The topological polar surface area (TPSA) is 63.4 Å². The zero-order chi connectivity index (χ0) is 14.8. The van der Waals surface area contributed by atoms with Crippen molar-refractivity contribution in [2.75, 3.05) is 13.1 Å². The molecule has 1 aromatic rings. The van der Waals surface area contributed by atoms with Gasteiger partial charge in [0.2, 0.25) is 5.91 Å². The van der Waals surface area contributed by atoms with Gasteiger partial charge in [-0.25, -0.2) is 0 Å². The molecular formula is C15H22N2O2S. The van der Waals surface area contributed by atoms with Crippen LogP contribution in [0, 0.1) is 5.41 Å². The molecule has 2 rings (SSSR count). The summed E-state index contributed by atoms with van der Waals surface area (Å²) in [5.41, 5.74) is 6.02. The minimum Gasteiger partial charge on any atom is -0.342 e. The predicted molar refractivity (Wildman–Crippen MR) is 80.8 cm³/mol. The number of thiophene rings is 1. The molecule has 0 aromatic carbocycles. The number of ketones is 1. The second-order valence-corrected chi connectivity index (χ2v) is 7.05. The molecule has 1 atom stereocenters. The minimum atomic E-state index is -0.0499. The number of Topliss-reactive ketones (excluding diaryl/α,β-unsaturated/α-hetero) is 1. The van der Waals surface area contributed by atoms with Gasteiger partial charge in [0.15, 0.2) is 5.78 Å². The van der Waals surface area contributed by atoms with Crippen molar-refractivity contribution >= 4 is 23.0 Å². The first-order valence-corrected chi connectivity index (χ1v) is 7.88. The Morgan fingerprint density at radius 3 is 2.80 bits per heavy atom. The summed E-state index contributed by atoms with van der Waals surface area (Å²) >= 11 is 1.43. The van der Waals surface area contributed by atoms with Crippen molar-refractivity contribution in [3.05, 3.63) is 22.4 Å². The van der Waals surface area contributed by atoms with Crippen molar-refractivity contribution in [3.8, 4) is 0 Å². The Labute approximate surface area is 124 Å². The summed E-state index contributed by atoms with van der Waals surface area (Å²) in [5.74, 6) is 0.121. The molecule has 1 fully saturated rings. The van der Waals surface area contributed by atoms with E-state index in [0.717, 1.165) is 11.3 Å². The zero-order valence-corrected chi connectivity index (χ0v) is 12.9. The van der Waals surface area contributed by atoms with E-state index in [1.165, 1.54) is 11.3 Å². The predicted octanol–water partition coefficient (Wildman–Crippen LogP) is 2.30. The van der Waals surface area contributed by atoms with Crippen LogP contribution in [0.5, 0.6) is 0 Å². The maximum absolute atomic E-state index is 12.2. The van der Waals surface area contributed by atoms with E-state index < -0.39 is 0 Å². The molecule has 20 heavy (non-hydrogen) atoms. The van der Waals surface area contributed by atoms with Gasteiger partial charge in [-0.15, -0.1) is 11.3 Å². The molecule has 0 aliphatic carbocycles. The maximum atomic E-state index is 12.2. The molecule has 1 aliphatic rings. The summed E-state index contributed by atoms with van der Waals surface area (Å²) in [7, 11) is 0. The number of rotatable bonds is 4. The normalized spacial score (nSPS) is 21.8. The van der Waals surface area contributed by atoms with Gasteiger partial charge in [-0.2, -0.15) is 0 Å². The van der Waals surface area contributed by atoms with Crippen molar-refractivity contribution < 1.29 is 9.59 Å². The van der Waals surface area contributed by atoms with Crippen molar-refractivity contribution in [1.82, 2.24) is 4.90 Å². The molecule has 2 N–H and O–H groups in total. The Balaban J connectivity index is 1.85. The number of amides is 1. The molecule has 2 heterocycles. The van der Waals surface area contributed by atoms with Crippen LogP contribution < -0.4 is 5.73 Å². The highest BCUT2D eigenvalue weighted by atomic mass is 32.1. The first-order valence-electron chi connectivity index (χ1n) is 7.00. The van der Waals surface area contributed by atoms with E-state index in [-0.39, 0.29) is 23.1 Å². The SMILES string of the molecule is CC1(C)CN(C(=O)CCC(=O)c2cccs2)CCC1N. The van der Waals surface area contributed by atoms with Gasteiger partial charge in [-0.3, -0.25) is 9.59 Å². The second-order valence-electron chi connectivity index (χ2n) is 6.10. The monoisotopic (exact) mass is 294 g/mol. The van der Waals surface area contributed by atoms with Crippen molar-refractivity contribution in [2.24, 2.45) is 11.1 Å². The van der Waals surface area contributed by atoms with Gasteiger partial charge in [-0.1, -0.05) is 19.9 Å². The molecular weight excluding hydrogens is 272 g/mol. The van der Waals surface area contributed by atoms with Gasteiger partial charge in [0.1, 0.15) is 0 Å². The minimum absolute atomic E-state index is 0.0499. The summed E-state index contributed by atoms with van der Waals surface area (Å²) in [6.07, 6.45) is 1.42. The first kappa shape index (κ1) is 15.2. The lowest BCUT2D eigenvalue weighted by atomic mass is 9.79. The Morgan fingerprint density at radius 2 is 2.20 bits per heavy atom. The number of nitrogens with two attached hydrogens (primary N) is 1. The fourth-order valence-corrected chi connectivity index (χ4v) is 3.22. The molecule has 1 aromatic heterocycles.